The molecule has 2 aromatic carbocycles. The highest BCUT2D eigenvalue weighted by atomic mass is 35.5. The number of hydrogen-bond acceptors (Lipinski definition) is 3. The summed E-state index contributed by atoms with van der Waals surface area (Å²) in [5.74, 6) is 0.475. The van der Waals surface area contributed by atoms with Gasteiger partial charge in [-0.25, -0.2) is 0 Å². The van der Waals surface area contributed by atoms with Crippen LogP contribution in [0.15, 0.2) is 42.5 Å². The van der Waals surface area contributed by atoms with Crippen LogP contribution in [0.1, 0.15) is 35.2 Å². The molecule has 1 fully saturated rings. The number of fused-ring (bicyclic) bond motifs is 1. The molecule has 1 unspecified atom stereocenters. The van der Waals surface area contributed by atoms with Gasteiger partial charge in [-0.1, -0.05) is 17.7 Å². The minimum absolute atomic E-state index is 0. The number of ether oxygens (including phenoxy) is 1. The number of carbonyl (C=O) groups excluding carboxylic acids is 2. The molecular formula is C21H22Cl2N2O3. The fourth-order valence-corrected chi connectivity index (χ4v) is 3.79. The molecule has 148 valence electrons. The first kappa shape index (κ1) is 20.5. The van der Waals surface area contributed by atoms with Crippen molar-refractivity contribution in [1.82, 2.24) is 4.90 Å². The minimum atomic E-state index is -0.597. The Bertz CT molecular complexity index is 882. The second-order valence-electron chi connectivity index (χ2n) is 6.99. The maximum absolute atomic E-state index is 12.7. The van der Waals surface area contributed by atoms with Crippen molar-refractivity contribution in [3.05, 3.63) is 58.6 Å². The molecule has 0 bridgehead atoms. The smallest absolute Gasteiger partial charge is 0.265 e. The van der Waals surface area contributed by atoms with E-state index in [-0.39, 0.29) is 24.2 Å². The molecule has 1 saturated heterocycles. The van der Waals surface area contributed by atoms with Crippen molar-refractivity contribution in [2.24, 2.45) is 0 Å². The Hall–Kier alpha value is -2.24. The number of hydrogen-bond donors (Lipinski definition) is 1. The third kappa shape index (κ3) is 4.42. The topological polar surface area (TPSA) is 58.6 Å². The molecule has 0 saturated carbocycles. The molecule has 5 nitrogen and oxygen atoms in total. The monoisotopic (exact) mass is 420 g/mol. The van der Waals surface area contributed by atoms with Gasteiger partial charge in [0.05, 0.1) is 0 Å². The number of amides is 2. The van der Waals surface area contributed by atoms with E-state index < -0.39 is 6.10 Å². The van der Waals surface area contributed by atoms with E-state index in [0.29, 0.717) is 28.4 Å². The maximum Gasteiger partial charge on any atom is 0.265 e. The van der Waals surface area contributed by atoms with Crippen molar-refractivity contribution in [3.8, 4) is 5.75 Å². The number of carbonyl (C=O) groups is 2. The Morgan fingerprint density at radius 2 is 1.86 bits per heavy atom. The van der Waals surface area contributed by atoms with Crippen LogP contribution < -0.4 is 10.1 Å². The summed E-state index contributed by atoms with van der Waals surface area (Å²) in [5, 5.41) is 3.49. The molecule has 2 heterocycles. The highest BCUT2D eigenvalue weighted by molar-refractivity contribution is 6.30. The molecule has 1 N–H and O–H groups in total. The van der Waals surface area contributed by atoms with Crippen LogP contribution in [0.3, 0.4) is 0 Å². The molecular weight excluding hydrogens is 399 g/mol. The van der Waals surface area contributed by atoms with Gasteiger partial charge < -0.3 is 15.0 Å². The Morgan fingerprint density at radius 3 is 2.64 bits per heavy atom. The van der Waals surface area contributed by atoms with Crippen LogP contribution in [-0.2, 0) is 11.2 Å². The summed E-state index contributed by atoms with van der Waals surface area (Å²) in [6.07, 6.45) is 3.15. The summed E-state index contributed by atoms with van der Waals surface area (Å²) in [6, 6.07) is 12.4. The molecule has 2 aliphatic rings. The second kappa shape index (κ2) is 8.84. The fraction of sp³-hybridized carbons (Fsp3) is 0.333. The zero-order chi connectivity index (χ0) is 18.8. The van der Waals surface area contributed by atoms with Crippen molar-refractivity contribution in [3.63, 3.8) is 0 Å². The molecule has 28 heavy (non-hydrogen) atoms. The molecule has 1 atom stereocenters. The Kier molecular flexibility index (Phi) is 6.47. The lowest BCUT2D eigenvalue weighted by Crippen LogP contribution is -2.35. The van der Waals surface area contributed by atoms with Gasteiger partial charge in [-0.2, -0.15) is 0 Å². The van der Waals surface area contributed by atoms with Gasteiger partial charge in [0.15, 0.2) is 6.10 Å². The van der Waals surface area contributed by atoms with Gasteiger partial charge in [0, 0.05) is 35.8 Å². The van der Waals surface area contributed by atoms with Crippen LogP contribution in [0.5, 0.6) is 5.75 Å². The molecule has 2 aromatic rings. The summed E-state index contributed by atoms with van der Waals surface area (Å²) in [7, 11) is 0. The first-order chi connectivity index (χ1) is 13.1. The fourth-order valence-electron chi connectivity index (χ4n) is 3.60. The van der Waals surface area contributed by atoms with E-state index >= 15 is 0 Å². The molecule has 0 aliphatic carbocycles. The van der Waals surface area contributed by atoms with E-state index in [1.165, 1.54) is 6.42 Å². The van der Waals surface area contributed by atoms with Crippen molar-refractivity contribution in [2.45, 2.75) is 31.8 Å². The van der Waals surface area contributed by atoms with Crippen molar-refractivity contribution in [1.29, 1.82) is 0 Å². The predicted octanol–water partition coefficient (Wildman–Crippen LogP) is 4.33. The Morgan fingerprint density at radius 1 is 1.07 bits per heavy atom. The zero-order valence-electron chi connectivity index (χ0n) is 15.3. The average Bonchev–Trinajstić information content (AvgIpc) is 3.11. The number of nitrogens with one attached hydrogen (secondary N) is 1. The van der Waals surface area contributed by atoms with Gasteiger partial charge in [0.25, 0.3) is 11.8 Å². The quantitative estimate of drug-likeness (QED) is 0.803. The maximum atomic E-state index is 12.7. The number of rotatable bonds is 3. The molecule has 2 aliphatic heterocycles. The number of nitrogens with zero attached hydrogens (tertiary/aromatic N) is 1. The third-order valence-electron chi connectivity index (χ3n) is 5.01. The minimum Gasteiger partial charge on any atom is -0.480 e. The van der Waals surface area contributed by atoms with Crippen LogP contribution in [0.25, 0.3) is 0 Å². The van der Waals surface area contributed by atoms with Gasteiger partial charge in [0.2, 0.25) is 0 Å². The van der Waals surface area contributed by atoms with E-state index in [2.05, 4.69) is 5.32 Å². The Labute approximate surface area is 175 Å². The normalized spacial score (nSPS) is 17.9. The summed E-state index contributed by atoms with van der Waals surface area (Å²) in [5.41, 5.74) is 2.12. The van der Waals surface area contributed by atoms with E-state index in [1.807, 2.05) is 11.0 Å². The van der Waals surface area contributed by atoms with Crippen LogP contribution in [0, 0.1) is 0 Å². The average molecular weight is 421 g/mol. The number of halogens is 2. The van der Waals surface area contributed by atoms with Crippen LogP contribution in [0.2, 0.25) is 5.02 Å². The lowest BCUT2D eigenvalue weighted by atomic mass is 10.1. The summed E-state index contributed by atoms with van der Waals surface area (Å²) in [4.78, 5) is 27.1. The lowest BCUT2D eigenvalue weighted by Gasteiger charge is -2.26. The van der Waals surface area contributed by atoms with Crippen LogP contribution in [0.4, 0.5) is 5.69 Å². The Balaban J connectivity index is 0.00000225. The number of anilines is 1. The largest absolute Gasteiger partial charge is 0.480 e. The zero-order valence-corrected chi connectivity index (χ0v) is 16.9. The lowest BCUT2D eigenvalue weighted by molar-refractivity contribution is -0.122. The SMILES string of the molecule is Cl.O=C(Nc1cccc(C(=O)N2CCCCC2)c1)C1Cc2cc(Cl)ccc2O1. The number of likely N-dealkylation sites (tertiary alicyclic amines) is 1. The van der Waals surface area contributed by atoms with Gasteiger partial charge >= 0.3 is 0 Å². The molecule has 0 radical (unpaired) electrons. The van der Waals surface area contributed by atoms with Crippen LogP contribution >= 0.6 is 24.0 Å². The molecule has 2 amide bonds. The predicted molar refractivity (Wildman–Crippen MR) is 112 cm³/mol. The summed E-state index contributed by atoms with van der Waals surface area (Å²) < 4.78 is 5.72. The molecule has 7 heteroatoms. The van der Waals surface area contributed by atoms with E-state index in [9.17, 15) is 9.59 Å². The standard InChI is InChI=1S/C21H21ClN2O3.ClH/c22-16-7-8-18-15(11-16)13-19(27-18)20(25)23-17-6-4-5-14(12-17)21(26)24-9-2-1-3-10-24;/h4-8,11-12,19H,1-3,9-10,13H2,(H,23,25);1H. The van der Waals surface area contributed by atoms with Gasteiger partial charge in [-0.15, -0.1) is 12.4 Å². The number of benzene rings is 2. The molecule has 0 aromatic heterocycles. The highest BCUT2D eigenvalue weighted by Gasteiger charge is 2.29. The second-order valence-corrected chi connectivity index (χ2v) is 7.42. The van der Waals surface area contributed by atoms with Crippen molar-refractivity contribution in [2.75, 3.05) is 18.4 Å². The van der Waals surface area contributed by atoms with E-state index in [4.69, 9.17) is 16.3 Å². The van der Waals surface area contributed by atoms with Crippen molar-refractivity contribution < 1.29 is 14.3 Å². The molecule has 0 spiro atoms. The summed E-state index contributed by atoms with van der Waals surface area (Å²) in [6.45, 7) is 1.60. The van der Waals surface area contributed by atoms with E-state index in [0.717, 1.165) is 31.5 Å². The first-order valence-electron chi connectivity index (χ1n) is 9.25. The van der Waals surface area contributed by atoms with Gasteiger partial charge in [-0.05, 0) is 61.2 Å². The van der Waals surface area contributed by atoms with Crippen molar-refractivity contribution >= 4 is 41.5 Å². The van der Waals surface area contributed by atoms with Crippen LogP contribution in [-0.4, -0.2) is 35.9 Å². The highest BCUT2D eigenvalue weighted by Crippen LogP contribution is 2.31. The summed E-state index contributed by atoms with van der Waals surface area (Å²) >= 11 is 6.00. The van der Waals surface area contributed by atoms with E-state index in [1.54, 1.807) is 36.4 Å². The first-order valence-corrected chi connectivity index (χ1v) is 9.63. The molecule has 4 rings (SSSR count). The number of piperidine rings is 1. The third-order valence-corrected chi connectivity index (χ3v) is 5.24. The van der Waals surface area contributed by atoms with Gasteiger partial charge in [0.1, 0.15) is 5.75 Å². The van der Waals surface area contributed by atoms with Gasteiger partial charge in [-0.3, -0.25) is 9.59 Å².